The van der Waals surface area contributed by atoms with Crippen molar-refractivity contribution in [3.05, 3.63) is 0 Å². The van der Waals surface area contributed by atoms with Crippen molar-refractivity contribution in [1.29, 1.82) is 0 Å². The van der Waals surface area contributed by atoms with Crippen molar-refractivity contribution in [3.63, 3.8) is 0 Å². The van der Waals surface area contributed by atoms with Gasteiger partial charge in [-0.3, -0.25) is 4.79 Å². The highest BCUT2D eigenvalue weighted by Crippen LogP contribution is 2.48. The first kappa shape index (κ1) is 15.6. The molecule has 2 aliphatic heterocycles. The average Bonchev–Trinajstić information content (AvgIpc) is 3.05. The minimum absolute atomic E-state index is 0.100. The number of amides is 2. The van der Waals surface area contributed by atoms with E-state index in [1.165, 1.54) is 0 Å². The Balaban J connectivity index is 1.59. The molecule has 4 atom stereocenters. The van der Waals surface area contributed by atoms with E-state index in [-0.39, 0.29) is 24.1 Å². The van der Waals surface area contributed by atoms with Gasteiger partial charge in [-0.2, -0.15) is 0 Å². The Morgan fingerprint density at radius 2 is 2.23 bits per heavy atom. The lowest BCUT2D eigenvalue weighted by Crippen LogP contribution is -2.48. The van der Waals surface area contributed by atoms with E-state index >= 15 is 0 Å². The topological polar surface area (TPSA) is 78.9 Å². The van der Waals surface area contributed by atoms with Gasteiger partial charge in [-0.05, 0) is 38.0 Å². The second-order valence-corrected chi connectivity index (χ2v) is 7.00. The van der Waals surface area contributed by atoms with Crippen LogP contribution in [0.1, 0.15) is 45.4 Å². The monoisotopic (exact) mass is 310 g/mol. The van der Waals surface area contributed by atoms with E-state index in [4.69, 9.17) is 4.74 Å². The number of carbonyl (C=O) groups is 2. The van der Waals surface area contributed by atoms with E-state index in [0.717, 1.165) is 32.1 Å². The van der Waals surface area contributed by atoms with Crippen molar-refractivity contribution < 1.29 is 19.4 Å². The van der Waals surface area contributed by atoms with Crippen LogP contribution in [0.15, 0.2) is 0 Å². The molecule has 3 fully saturated rings. The van der Waals surface area contributed by atoms with Crippen molar-refractivity contribution in [2.24, 2.45) is 11.3 Å². The lowest BCUT2D eigenvalue weighted by molar-refractivity contribution is -0.149. The third kappa shape index (κ3) is 2.69. The minimum atomic E-state index is -0.734. The molecule has 6 heteroatoms. The van der Waals surface area contributed by atoms with Crippen LogP contribution >= 0.6 is 0 Å². The average molecular weight is 310 g/mol. The molecule has 0 spiro atoms. The molecule has 2 N–H and O–H groups in total. The molecule has 2 heterocycles. The largest absolute Gasteiger partial charge is 0.481 e. The highest BCUT2D eigenvalue weighted by Gasteiger charge is 2.55. The molecule has 0 aromatic heterocycles. The zero-order chi connectivity index (χ0) is 15.7. The molecule has 1 saturated carbocycles. The molecule has 6 nitrogen and oxygen atoms in total. The second-order valence-electron chi connectivity index (χ2n) is 7.00. The van der Waals surface area contributed by atoms with Crippen LogP contribution < -0.4 is 5.32 Å². The molecule has 0 bridgehead atoms. The standard InChI is InChI=1S/C16H26N2O4/c1-2-13-8-12(5-7-22-13)17-15(21)18-9-11-4-3-6-16(11,10-18)14(19)20/h11-13H,2-10H2,1H3,(H,17,21)(H,19,20)/t11-,12?,13?,16+/m0/s1. The van der Waals surface area contributed by atoms with Gasteiger partial charge in [0.05, 0.1) is 11.5 Å². The van der Waals surface area contributed by atoms with Crippen LogP contribution in [0, 0.1) is 11.3 Å². The van der Waals surface area contributed by atoms with Gasteiger partial charge in [0.15, 0.2) is 0 Å². The van der Waals surface area contributed by atoms with E-state index in [1.54, 1.807) is 4.90 Å². The Bertz CT molecular complexity index is 455. The Morgan fingerprint density at radius 3 is 2.91 bits per heavy atom. The van der Waals surface area contributed by atoms with E-state index in [2.05, 4.69) is 12.2 Å². The van der Waals surface area contributed by atoms with Gasteiger partial charge < -0.3 is 20.1 Å². The highest BCUT2D eigenvalue weighted by atomic mass is 16.5. The van der Waals surface area contributed by atoms with Gasteiger partial charge in [-0.15, -0.1) is 0 Å². The maximum Gasteiger partial charge on any atom is 0.317 e. The molecule has 124 valence electrons. The molecule has 3 aliphatic rings. The van der Waals surface area contributed by atoms with Crippen LogP contribution in [0.3, 0.4) is 0 Å². The summed E-state index contributed by atoms with van der Waals surface area (Å²) >= 11 is 0. The summed E-state index contributed by atoms with van der Waals surface area (Å²) in [6, 6.07) is 0.0456. The summed E-state index contributed by atoms with van der Waals surface area (Å²) < 4.78 is 5.63. The van der Waals surface area contributed by atoms with Crippen LogP contribution in [0.5, 0.6) is 0 Å². The van der Waals surface area contributed by atoms with E-state index in [0.29, 0.717) is 26.1 Å². The van der Waals surface area contributed by atoms with Gasteiger partial charge in [0.25, 0.3) is 0 Å². The molecular formula is C16H26N2O4. The maximum absolute atomic E-state index is 12.5. The molecule has 0 aromatic carbocycles. The number of fused-ring (bicyclic) bond motifs is 1. The third-order valence-corrected chi connectivity index (χ3v) is 5.73. The number of ether oxygens (including phenoxy) is 1. The lowest BCUT2D eigenvalue weighted by Gasteiger charge is -2.31. The van der Waals surface area contributed by atoms with Crippen molar-refractivity contribution >= 4 is 12.0 Å². The summed E-state index contributed by atoms with van der Waals surface area (Å²) in [5.74, 6) is -0.615. The van der Waals surface area contributed by atoms with E-state index in [1.807, 2.05) is 0 Å². The molecule has 2 amide bonds. The smallest absolute Gasteiger partial charge is 0.317 e. The van der Waals surface area contributed by atoms with Crippen LogP contribution in [0.2, 0.25) is 0 Å². The minimum Gasteiger partial charge on any atom is -0.481 e. The van der Waals surface area contributed by atoms with Crippen molar-refractivity contribution in [3.8, 4) is 0 Å². The molecule has 22 heavy (non-hydrogen) atoms. The molecule has 2 unspecified atom stereocenters. The number of rotatable bonds is 3. The van der Waals surface area contributed by atoms with Gasteiger partial charge in [0, 0.05) is 25.7 Å². The fourth-order valence-electron chi connectivity index (χ4n) is 4.36. The summed E-state index contributed by atoms with van der Waals surface area (Å²) in [4.78, 5) is 25.9. The van der Waals surface area contributed by atoms with Gasteiger partial charge in [-0.1, -0.05) is 13.3 Å². The molecule has 1 aliphatic carbocycles. The van der Waals surface area contributed by atoms with Crippen molar-refractivity contribution in [2.45, 2.75) is 57.6 Å². The predicted octanol–water partition coefficient (Wildman–Crippen LogP) is 1.84. The highest BCUT2D eigenvalue weighted by molar-refractivity contribution is 5.80. The fraction of sp³-hybridized carbons (Fsp3) is 0.875. The number of hydrogen-bond donors (Lipinski definition) is 2. The predicted molar refractivity (Wildman–Crippen MR) is 80.6 cm³/mol. The number of likely N-dealkylation sites (tertiary alicyclic amines) is 1. The number of carbonyl (C=O) groups excluding carboxylic acids is 1. The zero-order valence-electron chi connectivity index (χ0n) is 13.2. The molecule has 0 radical (unpaired) electrons. The summed E-state index contributed by atoms with van der Waals surface area (Å²) in [6.07, 6.45) is 5.46. The van der Waals surface area contributed by atoms with Gasteiger partial charge >= 0.3 is 12.0 Å². The first-order valence-electron chi connectivity index (χ1n) is 8.45. The molecular weight excluding hydrogens is 284 g/mol. The van der Waals surface area contributed by atoms with E-state index < -0.39 is 11.4 Å². The van der Waals surface area contributed by atoms with Crippen LogP contribution in [0.25, 0.3) is 0 Å². The summed E-state index contributed by atoms with van der Waals surface area (Å²) in [7, 11) is 0. The Hall–Kier alpha value is -1.30. The Kier molecular flexibility index (Phi) is 4.30. The molecule has 2 saturated heterocycles. The Labute approximate surface area is 131 Å². The summed E-state index contributed by atoms with van der Waals surface area (Å²) in [6.45, 7) is 3.72. The number of nitrogens with zero attached hydrogens (tertiary/aromatic N) is 1. The number of hydrogen-bond acceptors (Lipinski definition) is 3. The third-order valence-electron chi connectivity index (χ3n) is 5.73. The zero-order valence-corrected chi connectivity index (χ0v) is 13.2. The SMILES string of the molecule is CCC1CC(NC(=O)N2C[C@@H]3CCC[C@@]3(C(=O)O)C2)CCO1. The number of urea groups is 1. The van der Waals surface area contributed by atoms with Crippen LogP contribution in [0.4, 0.5) is 4.79 Å². The summed E-state index contributed by atoms with van der Waals surface area (Å²) in [5, 5.41) is 12.7. The fourth-order valence-corrected chi connectivity index (χ4v) is 4.36. The molecule has 3 rings (SSSR count). The van der Waals surface area contributed by atoms with Gasteiger partial charge in [-0.25, -0.2) is 4.79 Å². The number of aliphatic carboxylic acids is 1. The number of carboxylic acids is 1. The number of carboxylic acid groups (broad SMARTS) is 1. The van der Waals surface area contributed by atoms with Crippen molar-refractivity contribution in [1.82, 2.24) is 10.2 Å². The first-order valence-corrected chi connectivity index (χ1v) is 8.45. The Morgan fingerprint density at radius 1 is 1.41 bits per heavy atom. The van der Waals surface area contributed by atoms with Gasteiger partial charge in [0.1, 0.15) is 0 Å². The lowest BCUT2D eigenvalue weighted by atomic mass is 9.81. The number of nitrogens with one attached hydrogen (secondary N) is 1. The second kappa shape index (κ2) is 6.07. The summed E-state index contributed by atoms with van der Waals surface area (Å²) in [5.41, 5.74) is -0.695. The van der Waals surface area contributed by atoms with Gasteiger partial charge in [0.2, 0.25) is 0 Å². The maximum atomic E-state index is 12.5. The molecule has 0 aromatic rings. The van der Waals surface area contributed by atoms with Crippen LogP contribution in [-0.2, 0) is 9.53 Å². The van der Waals surface area contributed by atoms with Crippen LogP contribution in [-0.4, -0.2) is 53.8 Å². The first-order chi connectivity index (χ1) is 10.5. The quantitative estimate of drug-likeness (QED) is 0.833. The van der Waals surface area contributed by atoms with Crippen molar-refractivity contribution in [2.75, 3.05) is 19.7 Å². The van der Waals surface area contributed by atoms with E-state index in [9.17, 15) is 14.7 Å². The normalized spacial score (nSPS) is 37.9.